The minimum absolute atomic E-state index is 0.115. The molecule has 0 aromatic heterocycles. The molecule has 0 aliphatic heterocycles. The molecule has 1 aromatic rings. The number of carbonyl (C=O) groups is 2. The lowest BCUT2D eigenvalue weighted by Crippen LogP contribution is -2.43. The van der Waals surface area contributed by atoms with Crippen molar-refractivity contribution in [3.05, 3.63) is 35.9 Å². The van der Waals surface area contributed by atoms with Crippen molar-refractivity contribution in [2.75, 3.05) is 7.11 Å². The SMILES string of the molecule is COC(=O)NC(Cc1ccccc1)C(=O)C1CC1. The van der Waals surface area contributed by atoms with Gasteiger partial charge in [0.05, 0.1) is 13.2 Å². The number of ketones is 1. The third kappa shape index (κ3) is 3.32. The number of ether oxygens (including phenoxy) is 1. The van der Waals surface area contributed by atoms with Gasteiger partial charge in [-0.2, -0.15) is 0 Å². The highest BCUT2D eigenvalue weighted by Crippen LogP contribution is 2.31. The molecule has 1 amide bonds. The van der Waals surface area contributed by atoms with Gasteiger partial charge < -0.3 is 10.1 Å². The van der Waals surface area contributed by atoms with Crippen LogP contribution < -0.4 is 5.32 Å². The van der Waals surface area contributed by atoms with Crippen molar-refractivity contribution in [2.45, 2.75) is 25.3 Å². The number of nitrogens with one attached hydrogen (secondary N) is 1. The number of hydrogen-bond acceptors (Lipinski definition) is 3. The fraction of sp³-hybridized carbons (Fsp3) is 0.429. The van der Waals surface area contributed by atoms with E-state index in [1.54, 1.807) is 0 Å². The van der Waals surface area contributed by atoms with Gasteiger partial charge in [-0.3, -0.25) is 4.79 Å². The predicted molar refractivity (Wildman–Crippen MR) is 67.2 cm³/mol. The average molecular weight is 247 g/mol. The first-order valence-electron chi connectivity index (χ1n) is 6.13. The van der Waals surface area contributed by atoms with Crippen LogP contribution in [0.1, 0.15) is 18.4 Å². The molecular formula is C14H17NO3. The highest BCUT2D eigenvalue weighted by atomic mass is 16.5. The maximum absolute atomic E-state index is 12.1. The fourth-order valence-corrected chi connectivity index (χ4v) is 1.93. The molecule has 1 aromatic carbocycles. The molecule has 0 bridgehead atoms. The van der Waals surface area contributed by atoms with E-state index in [1.807, 2.05) is 30.3 Å². The van der Waals surface area contributed by atoms with Gasteiger partial charge in [-0.15, -0.1) is 0 Å². The number of hydrogen-bond donors (Lipinski definition) is 1. The topological polar surface area (TPSA) is 55.4 Å². The summed E-state index contributed by atoms with van der Waals surface area (Å²) >= 11 is 0. The molecule has 1 atom stereocenters. The van der Waals surface area contributed by atoms with Crippen LogP contribution in [0, 0.1) is 5.92 Å². The molecule has 4 nitrogen and oxygen atoms in total. The van der Waals surface area contributed by atoms with Gasteiger partial charge in [0.15, 0.2) is 5.78 Å². The lowest BCUT2D eigenvalue weighted by Gasteiger charge is -2.16. The quantitative estimate of drug-likeness (QED) is 0.865. The minimum atomic E-state index is -0.551. The zero-order valence-electron chi connectivity index (χ0n) is 10.4. The Hall–Kier alpha value is -1.84. The Balaban J connectivity index is 2.04. The summed E-state index contributed by atoms with van der Waals surface area (Å²) in [5, 5.41) is 2.63. The second-order valence-corrected chi connectivity index (χ2v) is 4.55. The maximum atomic E-state index is 12.1. The van der Waals surface area contributed by atoms with E-state index >= 15 is 0 Å². The number of amides is 1. The monoisotopic (exact) mass is 247 g/mol. The summed E-state index contributed by atoms with van der Waals surface area (Å²) < 4.78 is 4.57. The summed E-state index contributed by atoms with van der Waals surface area (Å²) in [5.74, 6) is 0.236. The van der Waals surface area contributed by atoms with Gasteiger partial charge in [-0.05, 0) is 24.8 Å². The van der Waals surface area contributed by atoms with Gasteiger partial charge in [-0.1, -0.05) is 30.3 Å². The van der Waals surface area contributed by atoms with Crippen LogP contribution in [0.25, 0.3) is 0 Å². The Labute approximate surface area is 106 Å². The molecule has 1 saturated carbocycles. The molecule has 1 aliphatic carbocycles. The van der Waals surface area contributed by atoms with Crippen molar-refractivity contribution in [3.63, 3.8) is 0 Å². The van der Waals surface area contributed by atoms with E-state index in [1.165, 1.54) is 7.11 Å². The predicted octanol–water partition coefficient (Wildman–Crippen LogP) is 1.93. The van der Waals surface area contributed by atoms with Crippen LogP contribution >= 0.6 is 0 Å². The Bertz CT molecular complexity index is 426. The Morgan fingerprint density at radius 2 is 2.00 bits per heavy atom. The summed E-state index contributed by atoms with van der Waals surface area (Å²) in [7, 11) is 1.30. The first kappa shape index (κ1) is 12.6. The van der Waals surface area contributed by atoms with Crippen LogP contribution in [-0.4, -0.2) is 25.0 Å². The van der Waals surface area contributed by atoms with Crippen molar-refractivity contribution in [1.82, 2.24) is 5.32 Å². The van der Waals surface area contributed by atoms with Crippen molar-refractivity contribution in [1.29, 1.82) is 0 Å². The van der Waals surface area contributed by atoms with Gasteiger partial charge in [0.1, 0.15) is 0 Å². The lowest BCUT2D eigenvalue weighted by molar-refractivity contribution is -0.122. The number of methoxy groups -OCH3 is 1. The van der Waals surface area contributed by atoms with E-state index < -0.39 is 12.1 Å². The summed E-state index contributed by atoms with van der Waals surface area (Å²) in [6, 6.07) is 9.19. The molecule has 0 radical (unpaired) electrons. The maximum Gasteiger partial charge on any atom is 0.407 e. The summed E-state index contributed by atoms with van der Waals surface area (Å²) in [5.41, 5.74) is 1.04. The van der Waals surface area contributed by atoms with Crippen molar-refractivity contribution in [2.24, 2.45) is 5.92 Å². The van der Waals surface area contributed by atoms with Crippen LogP contribution in [0.4, 0.5) is 4.79 Å². The van der Waals surface area contributed by atoms with Gasteiger partial charge in [-0.25, -0.2) is 4.79 Å². The van der Waals surface area contributed by atoms with E-state index in [0.717, 1.165) is 18.4 Å². The molecule has 1 aliphatic rings. The molecular weight excluding hydrogens is 230 g/mol. The number of carbonyl (C=O) groups excluding carboxylic acids is 2. The molecule has 0 spiro atoms. The molecule has 18 heavy (non-hydrogen) atoms. The lowest BCUT2D eigenvalue weighted by atomic mass is 10.00. The molecule has 2 rings (SSSR count). The summed E-state index contributed by atoms with van der Waals surface area (Å²) in [6.07, 6.45) is 1.84. The average Bonchev–Trinajstić information content (AvgIpc) is 3.22. The normalized spacial score (nSPS) is 15.8. The molecule has 0 heterocycles. The first-order valence-corrected chi connectivity index (χ1v) is 6.13. The van der Waals surface area contributed by atoms with Gasteiger partial charge >= 0.3 is 6.09 Å². The van der Waals surface area contributed by atoms with Gasteiger partial charge in [0.25, 0.3) is 0 Å². The minimum Gasteiger partial charge on any atom is -0.453 e. The van der Waals surface area contributed by atoms with E-state index in [9.17, 15) is 9.59 Å². The van der Waals surface area contributed by atoms with Crippen molar-refractivity contribution < 1.29 is 14.3 Å². The number of alkyl carbamates (subject to hydrolysis) is 1. The third-order valence-corrected chi connectivity index (χ3v) is 3.08. The zero-order valence-corrected chi connectivity index (χ0v) is 10.4. The molecule has 4 heteroatoms. The van der Waals surface area contributed by atoms with Crippen molar-refractivity contribution >= 4 is 11.9 Å². The zero-order chi connectivity index (χ0) is 13.0. The highest BCUT2D eigenvalue weighted by Gasteiger charge is 2.35. The van der Waals surface area contributed by atoms with Gasteiger partial charge in [0.2, 0.25) is 0 Å². The van der Waals surface area contributed by atoms with E-state index in [0.29, 0.717) is 6.42 Å². The van der Waals surface area contributed by atoms with Crippen LogP contribution in [-0.2, 0) is 16.0 Å². The summed E-state index contributed by atoms with van der Waals surface area (Å²) in [6.45, 7) is 0. The van der Waals surface area contributed by atoms with E-state index in [-0.39, 0.29) is 11.7 Å². The molecule has 1 N–H and O–H groups in total. The number of Topliss-reactive ketones (excluding diaryl/α,β-unsaturated/α-hetero) is 1. The molecule has 0 saturated heterocycles. The third-order valence-electron chi connectivity index (χ3n) is 3.08. The molecule has 1 fully saturated rings. The van der Waals surface area contributed by atoms with E-state index in [4.69, 9.17) is 0 Å². The Morgan fingerprint density at radius 3 is 2.56 bits per heavy atom. The van der Waals surface area contributed by atoms with Crippen LogP contribution in [0.5, 0.6) is 0 Å². The van der Waals surface area contributed by atoms with Gasteiger partial charge in [0, 0.05) is 5.92 Å². The highest BCUT2D eigenvalue weighted by molar-refractivity contribution is 5.91. The second kappa shape index (κ2) is 5.67. The standard InChI is InChI=1S/C14H17NO3/c1-18-14(17)15-12(13(16)11-7-8-11)9-10-5-3-2-4-6-10/h2-6,11-12H,7-9H2,1H3,(H,15,17). The fourth-order valence-electron chi connectivity index (χ4n) is 1.93. The molecule has 1 unspecified atom stereocenters. The number of rotatable bonds is 5. The number of benzene rings is 1. The Kier molecular flexibility index (Phi) is 3.97. The Morgan fingerprint density at radius 1 is 1.33 bits per heavy atom. The van der Waals surface area contributed by atoms with Crippen molar-refractivity contribution in [3.8, 4) is 0 Å². The van der Waals surface area contributed by atoms with Crippen LogP contribution in [0.2, 0.25) is 0 Å². The van der Waals surface area contributed by atoms with Crippen LogP contribution in [0.3, 0.4) is 0 Å². The van der Waals surface area contributed by atoms with Crippen LogP contribution in [0.15, 0.2) is 30.3 Å². The first-order chi connectivity index (χ1) is 8.70. The van der Waals surface area contributed by atoms with E-state index in [2.05, 4.69) is 10.1 Å². The summed E-state index contributed by atoms with van der Waals surface area (Å²) in [4.78, 5) is 23.4. The largest absolute Gasteiger partial charge is 0.453 e. The molecule has 96 valence electrons. The second-order valence-electron chi connectivity index (χ2n) is 4.55. The smallest absolute Gasteiger partial charge is 0.407 e.